The Labute approximate surface area is 117 Å². The molecular formula is C15H16N4O. The van der Waals surface area contributed by atoms with Gasteiger partial charge in [0.1, 0.15) is 5.69 Å². The minimum absolute atomic E-state index is 0.0432. The molecular weight excluding hydrogens is 252 g/mol. The van der Waals surface area contributed by atoms with Crippen molar-refractivity contribution in [3.63, 3.8) is 0 Å². The van der Waals surface area contributed by atoms with Gasteiger partial charge in [-0.1, -0.05) is 12.1 Å². The van der Waals surface area contributed by atoms with Crippen molar-refractivity contribution in [3.05, 3.63) is 30.0 Å². The lowest BCUT2D eigenvalue weighted by Crippen LogP contribution is -2.34. The lowest BCUT2D eigenvalue weighted by molar-refractivity contribution is 0.0742. The molecule has 0 atom stereocenters. The lowest BCUT2D eigenvalue weighted by Gasteiger charge is -2.20. The van der Waals surface area contributed by atoms with Crippen molar-refractivity contribution in [2.45, 2.75) is 25.3 Å². The van der Waals surface area contributed by atoms with Gasteiger partial charge < -0.3 is 15.6 Å². The summed E-state index contributed by atoms with van der Waals surface area (Å²) in [4.78, 5) is 17.5. The minimum Gasteiger partial charge on any atom is -0.397 e. The van der Waals surface area contributed by atoms with Crippen molar-refractivity contribution < 1.29 is 4.79 Å². The average Bonchev–Trinajstić information content (AvgIpc) is 3.17. The van der Waals surface area contributed by atoms with Crippen molar-refractivity contribution in [2.75, 3.05) is 12.3 Å². The topological polar surface area (TPSA) is 85.9 Å². The highest BCUT2D eigenvalue weighted by molar-refractivity contribution is 6.01. The number of aromatic nitrogens is 1. The Bertz CT molecular complexity index is 693. The van der Waals surface area contributed by atoms with Crippen molar-refractivity contribution >= 4 is 22.5 Å². The van der Waals surface area contributed by atoms with E-state index < -0.39 is 0 Å². The monoisotopic (exact) mass is 268 g/mol. The summed E-state index contributed by atoms with van der Waals surface area (Å²) in [6, 6.07) is 9.82. The van der Waals surface area contributed by atoms with Crippen LogP contribution in [0.3, 0.4) is 0 Å². The van der Waals surface area contributed by atoms with Gasteiger partial charge in [-0.25, -0.2) is 0 Å². The molecule has 2 aromatic rings. The maximum atomic E-state index is 12.6. The van der Waals surface area contributed by atoms with E-state index >= 15 is 0 Å². The van der Waals surface area contributed by atoms with Crippen molar-refractivity contribution in [1.29, 1.82) is 5.26 Å². The van der Waals surface area contributed by atoms with Gasteiger partial charge in [0, 0.05) is 18.0 Å². The molecule has 1 heterocycles. The fourth-order valence-electron chi connectivity index (χ4n) is 2.46. The molecule has 1 aromatic carbocycles. The molecule has 0 unspecified atom stereocenters. The van der Waals surface area contributed by atoms with E-state index in [2.05, 4.69) is 11.1 Å². The number of nitrogens with one attached hydrogen (secondary N) is 1. The molecule has 0 saturated heterocycles. The van der Waals surface area contributed by atoms with E-state index in [0.29, 0.717) is 30.4 Å². The smallest absolute Gasteiger partial charge is 0.270 e. The Morgan fingerprint density at radius 3 is 2.95 bits per heavy atom. The maximum Gasteiger partial charge on any atom is 0.270 e. The molecule has 0 bridgehead atoms. The summed E-state index contributed by atoms with van der Waals surface area (Å²) >= 11 is 0. The number of nitrogens with zero attached hydrogens (tertiary/aromatic N) is 2. The number of para-hydroxylation sites is 1. The zero-order valence-electron chi connectivity index (χ0n) is 11.1. The van der Waals surface area contributed by atoms with Crippen molar-refractivity contribution in [3.8, 4) is 6.07 Å². The van der Waals surface area contributed by atoms with Crippen LogP contribution in [0.15, 0.2) is 24.3 Å². The first-order chi connectivity index (χ1) is 9.70. The number of hydrogen-bond acceptors (Lipinski definition) is 3. The van der Waals surface area contributed by atoms with Crippen LogP contribution in [0, 0.1) is 11.3 Å². The van der Waals surface area contributed by atoms with Crippen LogP contribution in [-0.2, 0) is 0 Å². The third-order valence-corrected chi connectivity index (χ3v) is 3.63. The predicted octanol–water partition coefficient (Wildman–Crippen LogP) is 2.27. The molecule has 0 spiro atoms. The van der Waals surface area contributed by atoms with E-state index in [0.717, 1.165) is 23.7 Å². The SMILES string of the molecule is N#CCCN(C(=O)c1cc2cccc(N)c2[nH]1)C1CC1. The summed E-state index contributed by atoms with van der Waals surface area (Å²) in [7, 11) is 0. The molecule has 3 N–H and O–H groups in total. The predicted molar refractivity (Wildman–Crippen MR) is 77.0 cm³/mol. The number of rotatable bonds is 4. The number of anilines is 1. The fraction of sp³-hybridized carbons (Fsp3) is 0.333. The molecule has 1 saturated carbocycles. The van der Waals surface area contributed by atoms with Gasteiger partial charge in [0.25, 0.3) is 5.91 Å². The number of nitrogen functional groups attached to an aromatic ring is 1. The minimum atomic E-state index is -0.0432. The molecule has 1 aliphatic rings. The van der Waals surface area contributed by atoms with Gasteiger partial charge >= 0.3 is 0 Å². The Morgan fingerprint density at radius 2 is 2.30 bits per heavy atom. The summed E-state index contributed by atoms with van der Waals surface area (Å²) in [6.07, 6.45) is 2.42. The Morgan fingerprint density at radius 1 is 1.50 bits per heavy atom. The zero-order valence-corrected chi connectivity index (χ0v) is 11.1. The maximum absolute atomic E-state index is 12.6. The average molecular weight is 268 g/mol. The second-order valence-corrected chi connectivity index (χ2v) is 5.13. The van der Waals surface area contributed by atoms with Gasteiger partial charge in [0.15, 0.2) is 0 Å². The van der Waals surface area contributed by atoms with E-state index in [-0.39, 0.29) is 5.91 Å². The highest BCUT2D eigenvalue weighted by atomic mass is 16.2. The van der Waals surface area contributed by atoms with Crippen LogP contribution in [0.2, 0.25) is 0 Å². The third-order valence-electron chi connectivity index (χ3n) is 3.63. The number of carbonyl (C=O) groups excluding carboxylic acids is 1. The molecule has 1 aliphatic carbocycles. The first kappa shape index (κ1) is 12.5. The van der Waals surface area contributed by atoms with Crippen molar-refractivity contribution in [1.82, 2.24) is 9.88 Å². The number of nitrogens with two attached hydrogens (primary N) is 1. The second-order valence-electron chi connectivity index (χ2n) is 5.13. The molecule has 102 valence electrons. The quantitative estimate of drug-likeness (QED) is 0.834. The number of hydrogen-bond donors (Lipinski definition) is 2. The normalized spacial score (nSPS) is 14.2. The molecule has 0 aliphatic heterocycles. The van der Waals surface area contributed by atoms with E-state index in [9.17, 15) is 4.79 Å². The molecule has 1 aromatic heterocycles. The van der Waals surface area contributed by atoms with Crippen LogP contribution < -0.4 is 5.73 Å². The van der Waals surface area contributed by atoms with Gasteiger partial charge in [-0.05, 0) is 25.0 Å². The Kier molecular flexibility index (Phi) is 3.07. The molecule has 20 heavy (non-hydrogen) atoms. The molecule has 5 nitrogen and oxygen atoms in total. The van der Waals surface area contributed by atoms with Crippen LogP contribution in [0.25, 0.3) is 10.9 Å². The largest absolute Gasteiger partial charge is 0.397 e. The van der Waals surface area contributed by atoms with Crippen LogP contribution in [0.1, 0.15) is 29.8 Å². The lowest BCUT2D eigenvalue weighted by atomic mass is 10.2. The summed E-state index contributed by atoms with van der Waals surface area (Å²) in [5, 5.41) is 9.64. The second kappa shape index (κ2) is 4.89. The standard InChI is InChI=1S/C15H16N4O/c16-7-2-8-19(11-5-6-11)15(20)13-9-10-3-1-4-12(17)14(10)18-13/h1,3-4,9,11,18H,2,5-6,8,17H2. The summed E-state index contributed by atoms with van der Waals surface area (Å²) < 4.78 is 0. The fourth-order valence-corrected chi connectivity index (χ4v) is 2.46. The molecule has 0 radical (unpaired) electrons. The molecule has 5 heteroatoms. The first-order valence-electron chi connectivity index (χ1n) is 6.76. The van der Waals surface area contributed by atoms with E-state index in [1.165, 1.54) is 0 Å². The van der Waals surface area contributed by atoms with Gasteiger partial charge in [-0.3, -0.25) is 4.79 Å². The summed E-state index contributed by atoms with van der Waals surface area (Å²) in [5.41, 5.74) is 7.88. The number of nitriles is 1. The molecule has 1 amide bonds. The number of carbonyl (C=O) groups is 1. The van der Waals surface area contributed by atoms with Gasteiger partial charge in [0.2, 0.25) is 0 Å². The van der Waals surface area contributed by atoms with Crippen LogP contribution in [0.5, 0.6) is 0 Å². The van der Waals surface area contributed by atoms with Crippen LogP contribution in [0.4, 0.5) is 5.69 Å². The van der Waals surface area contributed by atoms with Gasteiger partial charge in [0.05, 0.1) is 23.7 Å². The van der Waals surface area contributed by atoms with Gasteiger partial charge in [-0.15, -0.1) is 0 Å². The number of fused-ring (bicyclic) bond motifs is 1. The number of H-pyrrole nitrogens is 1. The first-order valence-corrected chi connectivity index (χ1v) is 6.76. The third kappa shape index (κ3) is 2.21. The Hall–Kier alpha value is -2.48. The van der Waals surface area contributed by atoms with E-state index in [4.69, 9.17) is 11.0 Å². The van der Waals surface area contributed by atoms with Crippen LogP contribution in [-0.4, -0.2) is 28.4 Å². The zero-order chi connectivity index (χ0) is 14.1. The highest BCUT2D eigenvalue weighted by Gasteiger charge is 2.33. The van der Waals surface area contributed by atoms with Gasteiger partial charge in [-0.2, -0.15) is 5.26 Å². The summed E-state index contributed by atoms with van der Waals surface area (Å²) in [5.74, 6) is -0.0432. The Balaban J connectivity index is 1.90. The number of benzene rings is 1. The molecule has 3 rings (SSSR count). The summed E-state index contributed by atoms with van der Waals surface area (Å²) in [6.45, 7) is 0.491. The van der Waals surface area contributed by atoms with Crippen molar-refractivity contribution in [2.24, 2.45) is 0 Å². The van der Waals surface area contributed by atoms with E-state index in [1.54, 1.807) is 11.0 Å². The van der Waals surface area contributed by atoms with E-state index in [1.807, 2.05) is 18.2 Å². The highest BCUT2D eigenvalue weighted by Crippen LogP contribution is 2.29. The number of aromatic amines is 1. The molecule has 1 fully saturated rings. The van der Waals surface area contributed by atoms with Crippen LogP contribution >= 0.6 is 0 Å². The number of amides is 1.